The van der Waals surface area contributed by atoms with Crippen molar-refractivity contribution in [2.45, 2.75) is 26.3 Å². The van der Waals surface area contributed by atoms with Gasteiger partial charge in [-0.15, -0.1) is 0 Å². The molecule has 1 aromatic heterocycles. The van der Waals surface area contributed by atoms with E-state index in [9.17, 15) is 9.90 Å². The van der Waals surface area contributed by atoms with Gasteiger partial charge >= 0.3 is 0 Å². The lowest BCUT2D eigenvalue weighted by Crippen LogP contribution is -2.83. The van der Waals surface area contributed by atoms with Crippen molar-refractivity contribution in [2.24, 2.45) is 12.0 Å². The Bertz CT molecular complexity index is 878. The molecule has 5 nitrogen and oxygen atoms in total. The third-order valence-corrected chi connectivity index (χ3v) is 4.34. The van der Waals surface area contributed by atoms with Crippen molar-refractivity contribution >= 4 is 16.6 Å². The minimum atomic E-state index is -0.222. The van der Waals surface area contributed by atoms with Crippen LogP contribution >= 0.6 is 0 Å². The van der Waals surface area contributed by atoms with Crippen molar-refractivity contribution in [1.29, 1.82) is 0 Å². The van der Waals surface area contributed by atoms with E-state index in [0.717, 1.165) is 18.7 Å². The van der Waals surface area contributed by atoms with Crippen LogP contribution in [0, 0.1) is 0 Å². The zero-order chi connectivity index (χ0) is 16.6. The second kappa shape index (κ2) is 6.01. The second-order valence-corrected chi connectivity index (χ2v) is 5.98. The van der Waals surface area contributed by atoms with Crippen molar-refractivity contribution in [3.05, 3.63) is 52.0 Å². The highest BCUT2D eigenvalue weighted by atomic mass is 16.3. The summed E-state index contributed by atoms with van der Waals surface area (Å²) in [5.41, 5.74) is 2.50. The van der Waals surface area contributed by atoms with Crippen molar-refractivity contribution in [3.8, 4) is 5.75 Å². The lowest BCUT2D eigenvalue weighted by molar-refractivity contribution is -0.609. The molecule has 0 spiro atoms. The summed E-state index contributed by atoms with van der Waals surface area (Å²) < 4.78 is 1.58. The van der Waals surface area contributed by atoms with Crippen LogP contribution in [0.4, 0.5) is 0 Å². The number of aromatic hydroxyl groups is 1. The van der Waals surface area contributed by atoms with E-state index in [2.05, 4.69) is 17.2 Å². The number of hydrogen-bond acceptors (Lipinski definition) is 3. The smallest absolute Gasteiger partial charge is 0.264 e. The minimum Gasteiger partial charge on any atom is -0.506 e. The van der Waals surface area contributed by atoms with Gasteiger partial charge in [-0.25, -0.2) is 0 Å². The van der Waals surface area contributed by atoms with Crippen molar-refractivity contribution in [2.75, 3.05) is 6.54 Å². The molecule has 0 saturated heterocycles. The molecule has 1 aliphatic heterocycles. The number of aryl methyl sites for hydroxylation is 1. The Kier molecular flexibility index (Phi) is 4.05. The fourth-order valence-corrected chi connectivity index (χ4v) is 2.98. The lowest BCUT2D eigenvalue weighted by atomic mass is 10.0. The predicted molar refractivity (Wildman–Crippen MR) is 92.0 cm³/mol. The molecule has 0 unspecified atom stereocenters. The molecule has 1 aliphatic rings. The summed E-state index contributed by atoms with van der Waals surface area (Å²) in [6.45, 7) is 4.94. The number of allylic oxidation sites excluding steroid dienone is 2. The molecule has 0 radical (unpaired) electrons. The first-order valence-electron chi connectivity index (χ1n) is 7.95. The Morgan fingerprint density at radius 3 is 2.87 bits per heavy atom. The normalized spacial score (nSPS) is 18.5. The Hall–Kier alpha value is -2.40. The first-order chi connectivity index (χ1) is 11.0. The van der Waals surface area contributed by atoms with E-state index in [-0.39, 0.29) is 17.4 Å². The third kappa shape index (κ3) is 2.68. The number of aromatic nitrogens is 1. The van der Waals surface area contributed by atoms with E-state index < -0.39 is 0 Å². The van der Waals surface area contributed by atoms with Gasteiger partial charge in [0.25, 0.3) is 5.56 Å². The standard InChI is InChI=1S/C18H21N3O2/c1-4-12-9-14(20-11(2)10-19-12)16-17(22)13-7-5-6-8-15(13)21(3)18(16)23/h5-9,11,19,22H,4,10H2,1-3H3/p+1/t11-/m0/s1. The Morgan fingerprint density at radius 1 is 1.39 bits per heavy atom. The number of aliphatic imine (C=N–C) groups is 1. The molecule has 3 rings (SSSR count). The van der Waals surface area contributed by atoms with Crippen molar-refractivity contribution in [1.82, 2.24) is 4.57 Å². The highest BCUT2D eigenvalue weighted by Gasteiger charge is 2.22. The van der Waals surface area contributed by atoms with Gasteiger partial charge in [-0.05, 0) is 19.1 Å². The molecule has 5 heteroatoms. The molecule has 1 atom stereocenters. The maximum atomic E-state index is 12.8. The van der Waals surface area contributed by atoms with Crippen LogP contribution in [-0.4, -0.2) is 28.0 Å². The first kappa shape index (κ1) is 15.5. The van der Waals surface area contributed by atoms with E-state index >= 15 is 0 Å². The van der Waals surface area contributed by atoms with Gasteiger partial charge in [-0.3, -0.25) is 9.79 Å². The summed E-state index contributed by atoms with van der Waals surface area (Å²) >= 11 is 0. The minimum absolute atomic E-state index is 0.0169. The molecule has 0 saturated carbocycles. The molecule has 0 amide bonds. The number of nitrogens with two attached hydrogens (primary N) is 1. The van der Waals surface area contributed by atoms with Crippen LogP contribution in [0.25, 0.3) is 10.9 Å². The topological polar surface area (TPSA) is 71.2 Å². The number of quaternary nitrogens is 1. The van der Waals surface area contributed by atoms with E-state index in [1.54, 1.807) is 11.6 Å². The molecule has 2 heterocycles. The Labute approximate surface area is 135 Å². The van der Waals surface area contributed by atoms with Gasteiger partial charge < -0.3 is 15.0 Å². The van der Waals surface area contributed by atoms with Crippen LogP contribution < -0.4 is 10.9 Å². The molecular formula is C18H22N3O2+. The number of hydrogen-bond donors (Lipinski definition) is 2. The fourth-order valence-electron chi connectivity index (χ4n) is 2.98. The number of pyridine rings is 1. The molecule has 1 aromatic carbocycles. The maximum absolute atomic E-state index is 12.8. The average Bonchev–Trinajstić information content (AvgIpc) is 2.74. The second-order valence-electron chi connectivity index (χ2n) is 5.98. The van der Waals surface area contributed by atoms with Crippen molar-refractivity contribution < 1.29 is 10.4 Å². The quantitative estimate of drug-likeness (QED) is 0.877. The zero-order valence-electron chi connectivity index (χ0n) is 13.7. The monoisotopic (exact) mass is 312 g/mol. The van der Waals surface area contributed by atoms with Crippen molar-refractivity contribution in [3.63, 3.8) is 0 Å². The van der Waals surface area contributed by atoms with Gasteiger partial charge in [0.15, 0.2) is 0 Å². The van der Waals surface area contributed by atoms with Crippen LogP contribution in [-0.2, 0) is 7.05 Å². The van der Waals surface area contributed by atoms with Gasteiger partial charge in [-0.2, -0.15) is 0 Å². The molecular weight excluding hydrogens is 290 g/mol. The predicted octanol–water partition coefficient (Wildman–Crippen LogP) is 1.29. The SMILES string of the molecule is CCC1=CC(c2c(O)c3ccccc3n(C)c2=O)=N[C@@H](C)C[NH2+]1. The molecule has 0 bridgehead atoms. The molecule has 3 N–H and O–H groups in total. The van der Waals surface area contributed by atoms with Crippen LogP contribution in [0.15, 0.2) is 45.8 Å². The summed E-state index contributed by atoms with van der Waals surface area (Å²) in [5.74, 6) is 0.0169. The summed E-state index contributed by atoms with van der Waals surface area (Å²) in [5, 5.41) is 13.5. The molecule has 0 fully saturated rings. The molecule has 120 valence electrons. The van der Waals surface area contributed by atoms with Gasteiger partial charge in [-0.1, -0.05) is 19.1 Å². The van der Waals surface area contributed by atoms with Crippen LogP contribution in [0.5, 0.6) is 5.75 Å². The highest BCUT2D eigenvalue weighted by molar-refractivity contribution is 6.13. The lowest BCUT2D eigenvalue weighted by Gasteiger charge is -2.12. The van der Waals surface area contributed by atoms with E-state index in [1.165, 1.54) is 0 Å². The molecule has 2 aromatic rings. The zero-order valence-corrected chi connectivity index (χ0v) is 13.7. The number of nitrogens with zero attached hydrogens (tertiary/aromatic N) is 2. The van der Waals surface area contributed by atoms with E-state index in [0.29, 0.717) is 22.2 Å². The molecule has 0 aliphatic carbocycles. The van der Waals surface area contributed by atoms with Gasteiger partial charge in [0, 0.05) is 24.9 Å². The van der Waals surface area contributed by atoms with Gasteiger partial charge in [0.2, 0.25) is 0 Å². The fraction of sp³-hybridized carbons (Fsp3) is 0.333. The van der Waals surface area contributed by atoms with E-state index in [4.69, 9.17) is 0 Å². The summed E-state index contributed by atoms with van der Waals surface area (Å²) in [6.07, 6.45) is 2.80. The summed E-state index contributed by atoms with van der Waals surface area (Å²) in [7, 11) is 1.73. The largest absolute Gasteiger partial charge is 0.506 e. The van der Waals surface area contributed by atoms with E-state index in [1.807, 2.05) is 37.3 Å². The summed E-state index contributed by atoms with van der Waals surface area (Å²) in [6, 6.07) is 7.45. The maximum Gasteiger partial charge on any atom is 0.264 e. The number of benzene rings is 1. The number of para-hydroxylation sites is 1. The average molecular weight is 312 g/mol. The first-order valence-corrected chi connectivity index (χ1v) is 7.95. The van der Waals surface area contributed by atoms with Gasteiger partial charge in [0.1, 0.15) is 23.6 Å². The summed E-state index contributed by atoms with van der Waals surface area (Å²) in [4.78, 5) is 17.4. The van der Waals surface area contributed by atoms with Crippen LogP contribution in [0.2, 0.25) is 0 Å². The number of rotatable bonds is 2. The van der Waals surface area contributed by atoms with Crippen LogP contribution in [0.3, 0.4) is 0 Å². The number of fused-ring (bicyclic) bond motifs is 1. The highest BCUT2D eigenvalue weighted by Crippen LogP contribution is 2.27. The third-order valence-electron chi connectivity index (χ3n) is 4.34. The van der Waals surface area contributed by atoms with Gasteiger partial charge in [0.05, 0.1) is 17.3 Å². The van der Waals surface area contributed by atoms with Crippen LogP contribution in [0.1, 0.15) is 25.8 Å². The Morgan fingerprint density at radius 2 is 2.13 bits per heavy atom. The molecule has 23 heavy (non-hydrogen) atoms. The Balaban J connectivity index is 2.33.